The Hall–Kier alpha value is -2.20. The van der Waals surface area contributed by atoms with Crippen LogP contribution in [-0.4, -0.2) is 29.9 Å². The number of rotatable bonds is 4. The fourth-order valence-electron chi connectivity index (χ4n) is 3.08. The van der Waals surface area contributed by atoms with Gasteiger partial charge in [0.15, 0.2) is 5.75 Å². The summed E-state index contributed by atoms with van der Waals surface area (Å²) in [4.78, 5) is 13.5. The number of likely N-dealkylation sites (tertiary alicyclic amines) is 1. The van der Waals surface area contributed by atoms with E-state index in [0.717, 1.165) is 49.5 Å². The maximum Gasteiger partial charge on any atom is 0.219 e. The average Bonchev–Trinajstić information content (AvgIpc) is 2.92. The number of halogens is 1. The summed E-state index contributed by atoms with van der Waals surface area (Å²) in [6, 6.07) is 15.6. The molecule has 27 heavy (non-hydrogen) atoms. The molecule has 0 aromatic heterocycles. The van der Waals surface area contributed by atoms with Crippen molar-refractivity contribution in [1.82, 2.24) is 4.90 Å². The molecule has 3 rings (SSSR count). The maximum atomic E-state index is 11.6. The molecule has 0 bridgehead atoms. The van der Waals surface area contributed by atoms with Crippen molar-refractivity contribution in [2.24, 2.45) is 0 Å². The minimum Gasteiger partial charge on any atom is -0.455 e. The molecule has 0 aliphatic carbocycles. The van der Waals surface area contributed by atoms with Crippen molar-refractivity contribution in [3.63, 3.8) is 0 Å². The Morgan fingerprint density at radius 1 is 1.07 bits per heavy atom. The van der Waals surface area contributed by atoms with Crippen molar-refractivity contribution in [3.05, 3.63) is 53.6 Å². The first-order valence-electron chi connectivity index (χ1n) is 9.66. The van der Waals surface area contributed by atoms with E-state index in [9.17, 15) is 4.79 Å². The molecule has 2 aromatic carbocycles. The van der Waals surface area contributed by atoms with Gasteiger partial charge in [0.1, 0.15) is 5.75 Å². The van der Waals surface area contributed by atoms with Crippen LogP contribution in [-0.2, 0) is 4.79 Å². The first kappa shape index (κ1) is 21.1. The van der Waals surface area contributed by atoms with Gasteiger partial charge in [0, 0.05) is 31.1 Å². The van der Waals surface area contributed by atoms with Crippen LogP contribution in [0.1, 0.15) is 40.0 Å². The lowest BCUT2D eigenvalue weighted by Gasteiger charge is -2.21. The Morgan fingerprint density at radius 3 is 2.48 bits per heavy atom. The Bertz CT molecular complexity index is 719. The van der Waals surface area contributed by atoms with Crippen molar-refractivity contribution in [1.29, 1.82) is 0 Å². The van der Waals surface area contributed by atoms with E-state index in [-0.39, 0.29) is 5.91 Å². The zero-order chi connectivity index (χ0) is 19.6. The van der Waals surface area contributed by atoms with Crippen LogP contribution < -0.4 is 10.1 Å². The number of nitrogens with one attached hydrogen (secondary N) is 1. The third kappa shape index (κ3) is 6.47. The van der Waals surface area contributed by atoms with Crippen molar-refractivity contribution in [2.75, 3.05) is 18.4 Å². The number of anilines is 1. The highest BCUT2D eigenvalue weighted by molar-refractivity contribution is 6.30. The Balaban J connectivity index is 0.00000126. The van der Waals surface area contributed by atoms with E-state index in [1.165, 1.54) is 0 Å². The molecule has 1 saturated heterocycles. The van der Waals surface area contributed by atoms with Gasteiger partial charge in [-0.1, -0.05) is 37.6 Å². The predicted octanol–water partition coefficient (Wildman–Crippen LogP) is 5.97. The van der Waals surface area contributed by atoms with Crippen molar-refractivity contribution in [3.8, 4) is 11.5 Å². The van der Waals surface area contributed by atoms with Gasteiger partial charge in [0.05, 0.1) is 5.69 Å². The van der Waals surface area contributed by atoms with E-state index in [0.29, 0.717) is 11.1 Å². The van der Waals surface area contributed by atoms with E-state index in [2.05, 4.69) is 5.32 Å². The summed E-state index contributed by atoms with van der Waals surface area (Å²) in [5, 5.41) is 4.28. The molecular weight excluding hydrogens is 360 g/mol. The Labute approximate surface area is 167 Å². The molecule has 4 nitrogen and oxygen atoms in total. The predicted molar refractivity (Wildman–Crippen MR) is 113 cm³/mol. The van der Waals surface area contributed by atoms with Gasteiger partial charge in [-0.2, -0.15) is 0 Å². The van der Waals surface area contributed by atoms with Crippen LogP contribution in [0.25, 0.3) is 0 Å². The van der Waals surface area contributed by atoms with E-state index >= 15 is 0 Å². The molecule has 1 atom stereocenters. The van der Waals surface area contributed by atoms with Crippen molar-refractivity contribution < 1.29 is 9.53 Å². The minimum atomic E-state index is 0.159. The number of ether oxygens (including phenoxy) is 1. The second-order valence-electron chi connectivity index (χ2n) is 6.33. The molecular formula is C22H29ClN2O2. The molecule has 2 aromatic rings. The van der Waals surface area contributed by atoms with Gasteiger partial charge in [-0.3, -0.25) is 4.79 Å². The number of nitrogens with zero attached hydrogens (tertiary/aromatic N) is 1. The molecule has 1 aliphatic heterocycles. The molecule has 0 saturated carbocycles. The molecule has 1 amide bonds. The van der Waals surface area contributed by atoms with Crippen LogP contribution in [0.5, 0.6) is 11.5 Å². The number of hydrogen-bond acceptors (Lipinski definition) is 3. The summed E-state index contributed by atoms with van der Waals surface area (Å²) in [5.74, 6) is 1.70. The van der Waals surface area contributed by atoms with Gasteiger partial charge < -0.3 is 15.0 Å². The normalized spacial score (nSPS) is 16.6. The van der Waals surface area contributed by atoms with Crippen LogP contribution in [0, 0.1) is 0 Å². The third-order valence-corrected chi connectivity index (χ3v) is 4.71. The Morgan fingerprint density at radius 2 is 1.78 bits per heavy atom. The second kappa shape index (κ2) is 10.8. The average molecular weight is 389 g/mol. The summed E-state index contributed by atoms with van der Waals surface area (Å²) in [6.45, 7) is 7.28. The molecule has 0 radical (unpaired) electrons. The first-order chi connectivity index (χ1) is 13.1. The molecule has 1 fully saturated rings. The Kier molecular flexibility index (Phi) is 8.46. The summed E-state index contributed by atoms with van der Waals surface area (Å²) in [5.41, 5.74) is 0.971. The lowest BCUT2D eigenvalue weighted by Crippen LogP contribution is -2.30. The largest absolute Gasteiger partial charge is 0.455 e. The second-order valence-corrected chi connectivity index (χ2v) is 6.77. The monoisotopic (exact) mass is 388 g/mol. The highest BCUT2D eigenvalue weighted by Crippen LogP contribution is 2.31. The molecule has 1 heterocycles. The van der Waals surface area contributed by atoms with Gasteiger partial charge in [-0.25, -0.2) is 0 Å². The topological polar surface area (TPSA) is 41.6 Å². The van der Waals surface area contributed by atoms with Gasteiger partial charge in [0.2, 0.25) is 5.91 Å². The summed E-state index contributed by atoms with van der Waals surface area (Å²) >= 11 is 5.93. The summed E-state index contributed by atoms with van der Waals surface area (Å²) in [7, 11) is 0. The lowest BCUT2D eigenvalue weighted by atomic mass is 10.1. The van der Waals surface area contributed by atoms with Crippen molar-refractivity contribution in [2.45, 2.75) is 46.1 Å². The maximum absolute atomic E-state index is 11.6. The standard InChI is InChI=1S/C20H23ClN2O2.C2H6/c1-15(24)23-13-4-5-17(12-14-23)22-19-6-2-3-7-20(19)25-18-10-8-16(21)9-11-18;1-2/h2-3,6-11,17,22H,4-5,12-14H2,1H3;1-2H3. The zero-order valence-electron chi connectivity index (χ0n) is 16.4. The molecule has 1 N–H and O–H groups in total. The van der Waals surface area contributed by atoms with Crippen LogP contribution in [0.15, 0.2) is 48.5 Å². The van der Waals surface area contributed by atoms with Crippen LogP contribution in [0.2, 0.25) is 5.02 Å². The molecule has 0 spiro atoms. The third-order valence-electron chi connectivity index (χ3n) is 4.46. The molecule has 1 aliphatic rings. The number of para-hydroxylation sites is 2. The smallest absolute Gasteiger partial charge is 0.219 e. The number of carbonyl (C=O) groups excluding carboxylic acids is 1. The molecule has 1 unspecified atom stereocenters. The van der Waals surface area contributed by atoms with E-state index in [4.69, 9.17) is 16.3 Å². The minimum absolute atomic E-state index is 0.159. The van der Waals surface area contributed by atoms with Crippen molar-refractivity contribution >= 4 is 23.2 Å². The number of hydrogen-bond donors (Lipinski definition) is 1. The zero-order valence-corrected chi connectivity index (χ0v) is 17.1. The van der Waals surface area contributed by atoms with Crippen LogP contribution in [0.3, 0.4) is 0 Å². The van der Waals surface area contributed by atoms with Gasteiger partial charge in [0.25, 0.3) is 0 Å². The number of carbonyl (C=O) groups is 1. The van der Waals surface area contributed by atoms with E-state index in [1.54, 1.807) is 6.92 Å². The summed E-state index contributed by atoms with van der Waals surface area (Å²) in [6.07, 6.45) is 2.99. The highest BCUT2D eigenvalue weighted by atomic mass is 35.5. The quantitative estimate of drug-likeness (QED) is 0.701. The number of amides is 1. The van der Waals surface area contributed by atoms with Gasteiger partial charge in [-0.05, 0) is 55.7 Å². The molecule has 5 heteroatoms. The van der Waals surface area contributed by atoms with Crippen LogP contribution in [0.4, 0.5) is 5.69 Å². The summed E-state index contributed by atoms with van der Waals surface area (Å²) < 4.78 is 6.01. The fraction of sp³-hybridized carbons (Fsp3) is 0.409. The van der Waals surface area contributed by atoms with Gasteiger partial charge >= 0.3 is 0 Å². The highest BCUT2D eigenvalue weighted by Gasteiger charge is 2.19. The van der Waals surface area contributed by atoms with Gasteiger partial charge in [-0.15, -0.1) is 0 Å². The molecule has 146 valence electrons. The van der Waals surface area contributed by atoms with E-state index in [1.807, 2.05) is 67.3 Å². The van der Waals surface area contributed by atoms with E-state index < -0.39 is 0 Å². The first-order valence-corrected chi connectivity index (χ1v) is 10.0. The SMILES string of the molecule is CC.CC(=O)N1CCCC(Nc2ccccc2Oc2ccc(Cl)cc2)CC1. The van der Waals surface area contributed by atoms with Crippen LogP contribution >= 0.6 is 11.6 Å². The lowest BCUT2D eigenvalue weighted by molar-refractivity contribution is -0.128. The fourth-order valence-corrected chi connectivity index (χ4v) is 3.21. The number of benzene rings is 2.